The predicted octanol–water partition coefficient (Wildman–Crippen LogP) is 3.55. The van der Waals surface area contributed by atoms with Gasteiger partial charge >= 0.3 is 0 Å². The van der Waals surface area contributed by atoms with Crippen molar-refractivity contribution >= 4 is 5.91 Å². The Balaban J connectivity index is 2.32. The Bertz CT molecular complexity index is 454. The highest BCUT2D eigenvalue weighted by Gasteiger charge is 2.21. The number of hydrogen-bond donors (Lipinski definition) is 1. The van der Waals surface area contributed by atoms with Crippen LogP contribution in [0.2, 0.25) is 0 Å². The van der Waals surface area contributed by atoms with Gasteiger partial charge in [-0.15, -0.1) is 0 Å². The zero-order valence-electron chi connectivity index (χ0n) is 12.0. The van der Waals surface area contributed by atoms with Crippen molar-refractivity contribution in [3.8, 4) is 5.75 Å². The highest BCUT2D eigenvalue weighted by Crippen LogP contribution is 2.33. The van der Waals surface area contributed by atoms with Gasteiger partial charge in [0.1, 0.15) is 5.75 Å². The highest BCUT2D eigenvalue weighted by molar-refractivity contribution is 5.76. The van der Waals surface area contributed by atoms with Crippen LogP contribution in [0.4, 0.5) is 0 Å². The van der Waals surface area contributed by atoms with Crippen LogP contribution in [0.25, 0.3) is 0 Å². The summed E-state index contributed by atoms with van der Waals surface area (Å²) in [5.74, 6) is 1.51. The molecule has 1 heterocycles. The summed E-state index contributed by atoms with van der Waals surface area (Å²) in [5.41, 5.74) is 2.42. The first-order valence-electron chi connectivity index (χ1n) is 7.17. The van der Waals surface area contributed by atoms with Crippen LogP contribution in [0.15, 0.2) is 18.2 Å². The molecular formula is C16H23NO2. The molecule has 1 amide bonds. The molecule has 0 bridgehead atoms. The molecule has 0 radical (unpaired) electrons. The van der Waals surface area contributed by atoms with Gasteiger partial charge in [-0.25, -0.2) is 0 Å². The van der Waals surface area contributed by atoms with Gasteiger partial charge in [-0.2, -0.15) is 0 Å². The lowest BCUT2D eigenvalue weighted by Gasteiger charge is -2.20. The van der Waals surface area contributed by atoms with E-state index in [9.17, 15) is 4.79 Å². The van der Waals surface area contributed by atoms with Crippen LogP contribution >= 0.6 is 0 Å². The molecule has 19 heavy (non-hydrogen) atoms. The van der Waals surface area contributed by atoms with E-state index in [1.165, 1.54) is 5.56 Å². The fourth-order valence-electron chi connectivity index (χ4n) is 2.40. The van der Waals surface area contributed by atoms with Crippen LogP contribution in [0.3, 0.4) is 0 Å². The van der Waals surface area contributed by atoms with Crippen LogP contribution in [0.5, 0.6) is 5.75 Å². The zero-order valence-corrected chi connectivity index (χ0v) is 12.0. The number of carbonyl (C=O) groups excluding carboxylic acids is 1. The summed E-state index contributed by atoms with van der Waals surface area (Å²) in [6.45, 7) is 6.97. The Labute approximate surface area is 115 Å². The van der Waals surface area contributed by atoms with Crippen molar-refractivity contribution in [2.24, 2.45) is 0 Å². The van der Waals surface area contributed by atoms with Crippen molar-refractivity contribution in [2.45, 2.75) is 52.0 Å². The second-order valence-corrected chi connectivity index (χ2v) is 5.42. The SMILES string of the molecule is CCC(=O)NC1CCCOc2ccc(C(C)C)cc21. The molecule has 3 heteroatoms. The van der Waals surface area contributed by atoms with Crippen LogP contribution in [0.1, 0.15) is 63.1 Å². The molecule has 0 saturated carbocycles. The third-order valence-electron chi connectivity index (χ3n) is 3.63. The van der Waals surface area contributed by atoms with Crippen LogP contribution in [-0.4, -0.2) is 12.5 Å². The average molecular weight is 261 g/mol. The Morgan fingerprint density at radius 3 is 2.95 bits per heavy atom. The number of nitrogens with one attached hydrogen (secondary N) is 1. The Morgan fingerprint density at radius 1 is 1.47 bits per heavy atom. The topological polar surface area (TPSA) is 38.3 Å². The molecule has 1 atom stereocenters. The maximum Gasteiger partial charge on any atom is 0.220 e. The molecular weight excluding hydrogens is 238 g/mol. The lowest BCUT2D eigenvalue weighted by Crippen LogP contribution is -2.27. The molecule has 3 nitrogen and oxygen atoms in total. The molecule has 0 spiro atoms. The third kappa shape index (κ3) is 3.28. The van der Waals surface area contributed by atoms with Crippen molar-refractivity contribution in [2.75, 3.05) is 6.61 Å². The van der Waals surface area contributed by atoms with Gasteiger partial charge in [0, 0.05) is 12.0 Å². The molecule has 1 unspecified atom stereocenters. The number of amides is 1. The first-order chi connectivity index (χ1) is 9.11. The van der Waals surface area contributed by atoms with E-state index in [4.69, 9.17) is 4.74 Å². The fraction of sp³-hybridized carbons (Fsp3) is 0.562. The van der Waals surface area contributed by atoms with Gasteiger partial charge in [0.2, 0.25) is 5.91 Å². The van der Waals surface area contributed by atoms with E-state index >= 15 is 0 Å². The van der Waals surface area contributed by atoms with Gasteiger partial charge in [-0.3, -0.25) is 4.79 Å². The average Bonchev–Trinajstić information content (AvgIpc) is 2.60. The summed E-state index contributed by atoms with van der Waals surface area (Å²) in [7, 11) is 0. The standard InChI is InChI=1S/C16H23NO2/c1-4-16(18)17-14-6-5-9-19-15-8-7-12(11(2)3)10-13(14)15/h7-8,10-11,14H,4-6,9H2,1-3H3,(H,17,18). The zero-order chi connectivity index (χ0) is 13.8. The maximum atomic E-state index is 11.7. The summed E-state index contributed by atoms with van der Waals surface area (Å²) >= 11 is 0. The van der Waals surface area contributed by atoms with Crippen molar-refractivity contribution < 1.29 is 9.53 Å². The maximum absolute atomic E-state index is 11.7. The normalized spacial score (nSPS) is 18.4. The molecule has 0 aromatic heterocycles. The van der Waals surface area contributed by atoms with Gasteiger partial charge in [-0.1, -0.05) is 26.8 Å². The van der Waals surface area contributed by atoms with E-state index in [0.717, 1.165) is 30.8 Å². The molecule has 0 fully saturated rings. The number of benzene rings is 1. The third-order valence-corrected chi connectivity index (χ3v) is 3.63. The summed E-state index contributed by atoms with van der Waals surface area (Å²) in [4.78, 5) is 11.7. The van der Waals surface area contributed by atoms with Crippen LogP contribution < -0.4 is 10.1 Å². The van der Waals surface area contributed by atoms with Crippen molar-refractivity contribution in [3.05, 3.63) is 29.3 Å². The van der Waals surface area contributed by atoms with Gasteiger partial charge in [0.05, 0.1) is 12.6 Å². The van der Waals surface area contributed by atoms with Gasteiger partial charge in [0.15, 0.2) is 0 Å². The van der Waals surface area contributed by atoms with E-state index in [0.29, 0.717) is 12.3 Å². The van der Waals surface area contributed by atoms with E-state index in [2.05, 4.69) is 31.3 Å². The quantitative estimate of drug-likeness (QED) is 0.903. The minimum absolute atomic E-state index is 0.0867. The summed E-state index contributed by atoms with van der Waals surface area (Å²) in [5, 5.41) is 3.11. The Hall–Kier alpha value is -1.51. The van der Waals surface area contributed by atoms with Crippen molar-refractivity contribution in [1.29, 1.82) is 0 Å². The highest BCUT2D eigenvalue weighted by atomic mass is 16.5. The monoisotopic (exact) mass is 261 g/mol. The minimum Gasteiger partial charge on any atom is -0.493 e. The number of rotatable bonds is 3. The molecule has 0 aliphatic carbocycles. The smallest absolute Gasteiger partial charge is 0.220 e. The molecule has 1 aliphatic rings. The Morgan fingerprint density at radius 2 is 2.26 bits per heavy atom. The first-order valence-corrected chi connectivity index (χ1v) is 7.17. The first kappa shape index (κ1) is 13.9. The van der Waals surface area contributed by atoms with Crippen molar-refractivity contribution in [1.82, 2.24) is 5.32 Å². The fourth-order valence-corrected chi connectivity index (χ4v) is 2.40. The van der Waals surface area contributed by atoms with Gasteiger partial charge in [-0.05, 0) is 36.5 Å². The van der Waals surface area contributed by atoms with Crippen LogP contribution in [-0.2, 0) is 4.79 Å². The second-order valence-electron chi connectivity index (χ2n) is 5.42. The molecule has 1 aliphatic heterocycles. The van der Waals surface area contributed by atoms with Crippen molar-refractivity contribution in [3.63, 3.8) is 0 Å². The molecule has 0 saturated heterocycles. The van der Waals surface area contributed by atoms with Crippen LogP contribution in [0, 0.1) is 0 Å². The number of fused-ring (bicyclic) bond motifs is 1. The summed E-state index contributed by atoms with van der Waals surface area (Å²) < 4.78 is 5.78. The summed E-state index contributed by atoms with van der Waals surface area (Å²) in [6, 6.07) is 6.43. The summed E-state index contributed by atoms with van der Waals surface area (Å²) in [6.07, 6.45) is 2.44. The van der Waals surface area contributed by atoms with E-state index in [1.807, 2.05) is 13.0 Å². The Kier molecular flexibility index (Phi) is 4.46. The lowest BCUT2D eigenvalue weighted by molar-refractivity contribution is -0.121. The minimum atomic E-state index is 0.0867. The molecule has 2 rings (SSSR count). The largest absolute Gasteiger partial charge is 0.493 e. The van der Waals surface area contributed by atoms with E-state index in [-0.39, 0.29) is 11.9 Å². The van der Waals surface area contributed by atoms with E-state index < -0.39 is 0 Å². The molecule has 1 aromatic rings. The van der Waals surface area contributed by atoms with E-state index in [1.54, 1.807) is 0 Å². The number of carbonyl (C=O) groups is 1. The van der Waals surface area contributed by atoms with Gasteiger partial charge < -0.3 is 10.1 Å². The number of hydrogen-bond acceptors (Lipinski definition) is 2. The molecule has 1 N–H and O–H groups in total. The number of ether oxygens (including phenoxy) is 1. The second kappa shape index (κ2) is 6.09. The molecule has 104 valence electrons. The van der Waals surface area contributed by atoms with Gasteiger partial charge in [0.25, 0.3) is 0 Å². The lowest BCUT2D eigenvalue weighted by atomic mass is 9.95. The predicted molar refractivity (Wildman–Crippen MR) is 76.4 cm³/mol. The molecule has 1 aromatic carbocycles.